The highest BCUT2D eigenvalue weighted by Gasteiger charge is 2.40. The lowest BCUT2D eigenvalue weighted by atomic mass is 9.86. The molecule has 2 rings (SSSR count). The summed E-state index contributed by atoms with van der Waals surface area (Å²) in [5, 5.41) is 10.7. The van der Waals surface area contributed by atoms with Gasteiger partial charge in [-0.1, -0.05) is 19.1 Å². The van der Waals surface area contributed by atoms with Gasteiger partial charge in [-0.25, -0.2) is 4.39 Å². The Labute approximate surface area is 108 Å². The van der Waals surface area contributed by atoms with E-state index < -0.39 is 5.60 Å². The molecule has 4 heteroatoms. The Hall–Kier alpha value is -0.0600. The van der Waals surface area contributed by atoms with Crippen molar-refractivity contribution in [1.82, 2.24) is 0 Å². The number of halogens is 2. The Morgan fingerprint density at radius 3 is 3.00 bits per heavy atom. The zero-order chi connectivity index (χ0) is 11.8. The summed E-state index contributed by atoms with van der Waals surface area (Å²) in [6.07, 6.45) is 1.56. The monoisotopic (exact) mass is 304 g/mol. The molecule has 88 valence electrons. The van der Waals surface area contributed by atoms with E-state index in [4.69, 9.17) is 0 Å². The van der Waals surface area contributed by atoms with E-state index in [0.717, 1.165) is 12.2 Å². The molecule has 0 aromatic heterocycles. The molecular weight excluding hydrogens is 291 g/mol. The number of thioether (sulfide) groups is 1. The first-order chi connectivity index (χ1) is 7.55. The van der Waals surface area contributed by atoms with Gasteiger partial charge >= 0.3 is 0 Å². The van der Waals surface area contributed by atoms with Crippen molar-refractivity contribution in [2.75, 3.05) is 5.75 Å². The fraction of sp³-hybridized carbons (Fsp3) is 0.500. The van der Waals surface area contributed by atoms with E-state index in [1.54, 1.807) is 30.0 Å². The molecule has 1 heterocycles. The molecule has 1 aromatic rings. The average Bonchev–Trinajstić information content (AvgIpc) is 2.26. The van der Waals surface area contributed by atoms with Gasteiger partial charge in [-0.3, -0.25) is 0 Å². The summed E-state index contributed by atoms with van der Waals surface area (Å²) in [6.45, 7) is 1.96. The topological polar surface area (TPSA) is 20.2 Å². The van der Waals surface area contributed by atoms with Gasteiger partial charge in [0.2, 0.25) is 0 Å². The third kappa shape index (κ3) is 2.03. The molecule has 0 bridgehead atoms. The van der Waals surface area contributed by atoms with E-state index in [9.17, 15) is 9.50 Å². The van der Waals surface area contributed by atoms with Crippen LogP contribution in [0.5, 0.6) is 0 Å². The maximum absolute atomic E-state index is 14.0. The summed E-state index contributed by atoms with van der Waals surface area (Å²) in [6, 6.07) is 5.11. The van der Waals surface area contributed by atoms with E-state index in [1.165, 1.54) is 0 Å². The maximum Gasteiger partial charge on any atom is 0.143 e. The second-order valence-electron chi connectivity index (χ2n) is 4.14. The van der Waals surface area contributed by atoms with Gasteiger partial charge in [0.25, 0.3) is 0 Å². The summed E-state index contributed by atoms with van der Waals surface area (Å²) in [7, 11) is 0. The number of hydrogen-bond donors (Lipinski definition) is 1. The minimum absolute atomic E-state index is 0.0325. The molecule has 2 atom stereocenters. The Morgan fingerprint density at radius 2 is 2.31 bits per heavy atom. The van der Waals surface area contributed by atoms with Crippen molar-refractivity contribution in [3.63, 3.8) is 0 Å². The van der Waals surface area contributed by atoms with Crippen molar-refractivity contribution < 1.29 is 9.50 Å². The van der Waals surface area contributed by atoms with E-state index >= 15 is 0 Å². The van der Waals surface area contributed by atoms with E-state index in [-0.39, 0.29) is 11.1 Å². The van der Waals surface area contributed by atoms with Crippen molar-refractivity contribution in [2.45, 2.75) is 30.6 Å². The molecular formula is C12H14BrFOS. The number of hydrogen-bond acceptors (Lipinski definition) is 2. The summed E-state index contributed by atoms with van der Waals surface area (Å²) < 4.78 is 14.4. The van der Waals surface area contributed by atoms with Gasteiger partial charge in [-0.2, -0.15) is 11.8 Å². The van der Waals surface area contributed by atoms with Gasteiger partial charge in [-0.15, -0.1) is 0 Å². The SMILES string of the molecule is CC1SCCCC1(O)c1cccc(Br)c1F. The van der Waals surface area contributed by atoms with Crippen molar-refractivity contribution in [1.29, 1.82) is 0 Å². The quantitative estimate of drug-likeness (QED) is 0.854. The van der Waals surface area contributed by atoms with Crippen molar-refractivity contribution >= 4 is 27.7 Å². The molecule has 1 aliphatic heterocycles. The first-order valence-electron chi connectivity index (χ1n) is 5.34. The van der Waals surface area contributed by atoms with Crippen molar-refractivity contribution in [3.05, 3.63) is 34.1 Å². The fourth-order valence-corrected chi connectivity index (χ4v) is 3.69. The first-order valence-corrected chi connectivity index (χ1v) is 7.18. The van der Waals surface area contributed by atoms with Crippen LogP contribution in [0, 0.1) is 5.82 Å². The third-order valence-electron chi connectivity index (χ3n) is 3.16. The van der Waals surface area contributed by atoms with Crippen LogP contribution in [0.3, 0.4) is 0 Å². The number of rotatable bonds is 1. The third-order valence-corrected chi connectivity index (χ3v) is 5.19. The highest BCUT2D eigenvalue weighted by molar-refractivity contribution is 9.10. The maximum atomic E-state index is 14.0. The van der Waals surface area contributed by atoms with Crippen LogP contribution in [-0.2, 0) is 5.60 Å². The van der Waals surface area contributed by atoms with Gasteiger partial charge in [-0.05, 0) is 40.6 Å². The molecule has 2 unspecified atom stereocenters. The van der Waals surface area contributed by atoms with Crippen LogP contribution in [0.25, 0.3) is 0 Å². The van der Waals surface area contributed by atoms with Crippen LogP contribution in [-0.4, -0.2) is 16.1 Å². The Kier molecular flexibility index (Phi) is 3.62. The summed E-state index contributed by atoms with van der Waals surface area (Å²) in [4.78, 5) is 0. The standard InChI is InChI=1S/C12H14BrFOS/c1-8-12(15,6-3-7-16-8)9-4-2-5-10(13)11(9)14/h2,4-5,8,15H,3,6-7H2,1H3. The second kappa shape index (κ2) is 4.67. The molecule has 1 aliphatic rings. The van der Waals surface area contributed by atoms with Crippen LogP contribution in [0.4, 0.5) is 4.39 Å². The number of benzene rings is 1. The minimum Gasteiger partial charge on any atom is -0.384 e. The van der Waals surface area contributed by atoms with Gasteiger partial charge in [0, 0.05) is 10.8 Å². The van der Waals surface area contributed by atoms with E-state index in [0.29, 0.717) is 16.5 Å². The molecule has 0 spiro atoms. The van der Waals surface area contributed by atoms with Crippen molar-refractivity contribution in [2.24, 2.45) is 0 Å². The van der Waals surface area contributed by atoms with Crippen LogP contribution in [0.1, 0.15) is 25.3 Å². The Balaban J connectivity index is 2.45. The summed E-state index contributed by atoms with van der Waals surface area (Å²) in [5.41, 5.74) is -0.613. The lowest BCUT2D eigenvalue weighted by Gasteiger charge is -2.38. The smallest absolute Gasteiger partial charge is 0.143 e. The largest absolute Gasteiger partial charge is 0.384 e. The average molecular weight is 305 g/mol. The van der Waals surface area contributed by atoms with Gasteiger partial charge in [0.15, 0.2) is 0 Å². The minimum atomic E-state index is -1.03. The number of aliphatic hydroxyl groups is 1. The molecule has 0 amide bonds. The second-order valence-corrected chi connectivity index (χ2v) is 6.45. The van der Waals surface area contributed by atoms with E-state index in [1.807, 2.05) is 6.92 Å². The molecule has 0 radical (unpaired) electrons. The van der Waals surface area contributed by atoms with Gasteiger partial charge in [0.05, 0.1) is 4.47 Å². The summed E-state index contributed by atoms with van der Waals surface area (Å²) >= 11 is 4.87. The van der Waals surface area contributed by atoms with Gasteiger partial charge in [0.1, 0.15) is 11.4 Å². The van der Waals surface area contributed by atoms with Crippen LogP contribution in [0.15, 0.2) is 22.7 Å². The van der Waals surface area contributed by atoms with Crippen LogP contribution >= 0.6 is 27.7 Å². The molecule has 1 saturated heterocycles. The Morgan fingerprint density at radius 1 is 1.56 bits per heavy atom. The lowest BCUT2D eigenvalue weighted by Crippen LogP contribution is -2.39. The van der Waals surface area contributed by atoms with Crippen LogP contribution < -0.4 is 0 Å². The molecule has 1 N–H and O–H groups in total. The first kappa shape index (κ1) is 12.4. The molecule has 0 saturated carbocycles. The molecule has 1 fully saturated rings. The fourth-order valence-electron chi connectivity index (χ4n) is 2.13. The predicted octanol–water partition coefficient (Wildman–Crippen LogP) is 3.69. The summed E-state index contributed by atoms with van der Waals surface area (Å²) in [5.74, 6) is 0.707. The molecule has 1 aromatic carbocycles. The van der Waals surface area contributed by atoms with Crippen LogP contribution in [0.2, 0.25) is 0 Å². The normalized spacial score (nSPS) is 30.4. The molecule has 1 nitrogen and oxygen atoms in total. The highest BCUT2D eigenvalue weighted by Crippen LogP contribution is 2.43. The van der Waals surface area contributed by atoms with E-state index in [2.05, 4.69) is 15.9 Å². The Bertz CT molecular complexity index is 399. The van der Waals surface area contributed by atoms with Gasteiger partial charge < -0.3 is 5.11 Å². The molecule has 0 aliphatic carbocycles. The predicted molar refractivity (Wildman–Crippen MR) is 69.2 cm³/mol. The van der Waals surface area contributed by atoms with Crippen molar-refractivity contribution in [3.8, 4) is 0 Å². The zero-order valence-electron chi connectivity index (χ0n) is 9.04. The lowest BCUT2D eigenvalue weighted by molar-refractivity contribution is 0.0218. The highest BCUT2D eigenvalue weighted by atomic mass is 79.9. The zero-order valence-corrected chi connectivity index (χ0v) is 11.4. The molecule has 16 heavy (non-hydrogen) atoms.